The summed E-state index contributed by atoms with van der Waals surface area (Å²) in [5.41, 5.74) is 3.14. The second-order valence-electron chi connectivity index (χ2n) is 9.62. The number of unbranched alkanes of at least 4 members (excludes halogenated alkanes) is 1. The highest BCUT2D eigenvalue weighted by Gasteiger charge is 2.39. The van der Waals surface area contributed by atoms with Gasteiger partial charge >= 0.3 is 0 Å². The number of aliphatic hydroxyl groups is 2. The third-order valence-corrected chi connectivity index (χ3v) is 7.28. The van der Waals surface area contributed by atoms with Crippen molar-refractivity contribution in [1.29, 1.82) is 0 Å². The predicted molar refractivity (Wildman–Crippen MR) is 142 cm³/mol. The number of amidine groups is 1. The van der Waals surface area contributed by atoms with Crippen LogP contribution < -0.4 is 0 Å². The van der Waals surface area contributed by atoms with Crippen molar-refractivity contribution in [2.75, 3.05) is 0 Å². The summed E-state index contributed by atoms with van der Waals surface area (Å²) in [4.78, 5) is 20.3. The lowest BCUT2D eigenvalue weighted by atomic mass is 9.88. The van der Waals surface area contributed by atoms with E-state index >= 15 is 0 Å². The summed E-state index contributed by atoms with van der Waals surface area (Å²) >= 11 is 6.29. The molecule has 198 valence electrons. The number of aliphatic hydroxyl groups excluding tert-OH is 1. The van der Waals surface area contributed by atoms with Crippen molar-refractivity contribution in [3.63, 3.8) is 0 Å². The Balaban J connectivity index is 1.38. The smallest absolute Gasteiger partial charge is 0.237 e. The van der Waals surface area contributed by atoms with E-state index < -0.39 is 12.2 Å². The molecule has 0 saturated carbocycles. The third-order valence-electron chi connectivity index (χ3n) is 6.91. The van der Waals surface area contributed by atoms with E-state index in [0.29, 0.717) is 60.9 Å². The molecule has 0 fully saturated rings. The van der Waals surface area contributed by atoms with Crippen LogP contribution in [0.25, 0.3) is 5.57 Å². The fourth-order valence-corrected chi connectivity index (χ4v) is 5.12. The van der Waals surface area contributed by atoms with E-state index in [1.54, 1.807) is 15.7 Å². The number of aliphatic imine (C=N–C) groups is 1. The minimum absolute atomic E-state index is 0.0634. The van der Waals surface area contributed by atoms with Crippen LogP contribution in [-0.2, 0) is 11.3 Å². The minimum Gasteiger partial charge on any atom is -0.368 e. The molecule has 5 rings (SSSR count). The van der Waals surface area contributed by atoms with Gasteiger partial charge in [0.25, 0.3) is 0 Å². The molecule has 3 aliphatic rings. The summed E-state index contributed by atoms with van der Waals surface area (Å²) in [6.07, 6.45) is 11.7. The molecule has 2 N–H and O–H groups in total. The molecule has 1 aliphatic heterocycles. The number of amides is 1. The highest BCUT2D eigenvalue weighted by Crippen LogP contribution is 2.36. The predicted octanol–water partition coefficient (Wildman–Crippen LogP) is 4.56. The van der Waals surface area contributed by atoms with E-state index in [4.69, 9.17) is 16.6 Å². The third kappa shape index (κ3) is 5.85. The van der Waals surface area contributed by atoms with Crippen LogP contribution in [0.2, 0.25) is 5.02 Å². The normalized spacial score (nSPS) is 21.2. The first kappa shape index (κ1) is 26.2. The number of hydrogen-bond acceptors (Lipinski definition) is 6. The number of allylic oxidation sites excluding steroid dienone is 5. The molecule has 1 amide bonds. The Kier molecular flexibility index (Phi) is 7.97. The monoisotopic (exact) mass is 537 g/mol. The van der Waals surface area contributed by atoms with Gasteiger partial charge in [0.15, 0.2) is 6.29 Å². The van der Waals surface area contributed by atoms with E-state index in [1.165, 1.54) is 12.2 Å². The number of rotatable bonds is 9. The fourth-order valence-electron chi connectivity index (χ4n) is 4.92. The first-order valence-corrected chi connectivity index (χ1v) is 13.1. The van der Waals surface area contributed by atoms with Gasteiger partial charge in [0.1, 0.15) is 17.4 Å². The topological polar surface area (TPSA) is 104 Å². The largest absolute Gasteiger partial charge is 0.368 e. The van der Waals surface area contributed by atoms with Crippen molar-refractivity contribution in [2.45, 2.75) is 57.4 Å². The lowest BCUT2D eigenvalue weighted by Crippen LogP contribution is -2.50. The average molecular weight is 538 g/mol. The van der Waals surface area contributed by atoms with Gasteiger partial charge in [-0.3, -0.25) is 9.69 Å². The number of carbonyl (C=O) groups is 1. The number of fused-ring (bicyclic) bond motifs is 1. The molecule has 1 aromatic carbocycles. The molecule has 8 nitrogen and oxygen atoms in total. The molecule has 2 heterocycles. The van der Waals surface area contributed by atoms with Crippen LogP contribution in [0.15, 0.2) is 77.4 Å². The van der Waals surface area contributed by atoms with Crippen molar-refractivity contribution < 1.29 is 19.4 Å². The Morgan fingerprint density at radius 2 is 2.00 bits per heavy atom. The maximum atomic E-state index is 13.7. The maximum absolute atomic E-state index is 13.7. The second-order valence-corrected chi connectivity index (χ2v) is 10.0. The molecule has 1 aromatic heterocycles. The highest BCUT2D eigenvalue weighted by molar-refractivity contribution is 6.31. The number of carbonyl (C=O) groups excluding carboxylic acids is 1. The van der Waals surface area contributed by atoms with E-state index in [2.05, 4.69) is 10.3 Å². The summed E-state index contributed by atoms with van der Waals surface area (Å²) in [6.45, 7) is 0.487. The Hall–Kier alpha value is -3.40. The molecule has 38 heavy (non-hydrogen) atoms. The summed E-state index contributed by atoms with van der Waals surface area (Å²) in [5.74, 6) is -0.191. The van der Waals surface area contributed by atoms with Crippen LogP contribution in [0.5, 0.6) is 0 Å². The van der Waals surface area contributed by atoms with Crippen molar-refractivity contribution in [1.82, 2.24) is 19.9 Å². The van der Waals surface area contributed by atoms with Gasteiger partial charge < -0.3 is 10.2 Å². The van der Waals surface area contributed by atoms with Crippen LogP contribution in [0, 0.1) is 5.92 Å². The highest BCUT2D eigenvalue weighted by atomic mass is 35.5. The number of benzene rings is 1. The van der Waals surface area contributed by atoms with Crippen LogP contribution in [0.1, 0.15) is 49.8 Å². The number of nitrogens with zero attached hydrogens (tertiary/aromatic N) is 5. The van der Waals surface area contributed by atoms with Crippen LogP contribution >= 0.6 is 11.6 Å². The van der Waals surface area contributed by atoms with Gasteiger partial charge in [-0.05, 0) is 62.0 Å². The Bertz CT molecular complexity index is 1360. The van der Waals surface area contributed by atoms with Crippen molar-refractivity contribution in [3.8, 4) is 0 Å². The summed E-state index contributed by atoms with van der Waals surface area (Å²) in [6, 6.07) is 7.28. The van der Waals surface area contributed by atoms with Crippen LogP contribution in [0.4, 0.5) is 4.39 Å². The average Bonchev–Trinajstić information content (AvgIpc) is 3.37. The van der Waals surface area contributed by atoms with Crippen LogP contribution in [0.3, 0.4) is 0 Å². The molecular weight excluding hydrogens is 509 g/mol. The molecular formula is C28H29ClFN5O3. The summed E-state index contributed by atoms with van der Waals surface area (Å²) < 4.78 is 15.3. The SMILES string of the molecule is O=C1C2CC=C(c3cn(Cc4ccccc4Cl)nn3)C=C2N=C(CCCCC(O)O)N1C1C=CC(F)=CC1. The van der Waals surface area contributed by atoms with E-state index in [0.717, 1.165) is 11.1 Å². The van der Waals surface area contributed by atoms with E-state index in [-0.39, 0.29) is 24.2 Å². The Labute approximate surface area is 225 Å². The maximum Gasteiger partial charge on any atom is 0.237 e. The van der Waals surface area contributed by atoms with Gasteiger partial charge in [0.2, 0.25) is 5.91 Å². The first-order valence-electron chi connectivity index (χ1n) is 12.8. The zero-order chi connectivity index (χ0) is 26.6. The molecule has 2 unspecified atom stereocenters. The van der Waals surface area contributed by atoms with Gasteiger partial charge in [0.05, 0.1) is 30.4 Å². The fraction of sp³-hybridized carbons (Fsp3) is 0.357. The summed E-state index contributed by atoms with van der Waals surface area (Å²) in [7, 11) is 0. The number of halogens is 2. The van der Waals surface area contributed by atoms with Crippen molar-refractivity contribution in [2.24, 2.45) is 10.9 Å². The van der Waals surface area contributed by atoms with Gasteiger partial charge in [-0.15, -0.1) is 5.10 Å². The van der Waals surface area contributed by atoms with Gasteiger partial charge in [-0.2, -0.15) is 0 Å². The Morgan fingerprint density at radius 1 is 1.16 bits per heavy atom. The van der Waals surface area contributed by atoms with E-state index in [9.17, 15) is 19.4 Å². The molecule has 10 heteroatoms. The lowest BCUT2D eigenvalue weighted by Gasteiger charge is -2.38. The molecule has 0 radical (unpaired) electrons. The minimum atomic E-state index is -1.36. The van der Waals surface area contributed by atoms with Crippen molar-refractivity contribution in [3.05, 3.63) is 88.6 Å². The zero-order valence-electron chi connectivity index (χ0n) is 20.7. The van der Waals surface area contributed by atoms with Gasteiger partial charge in [-0.25, -0.2) is 14.1 Å². The number of hydrogen-bond donors (Lipinski definition) is 2. The molecule has 2 aromatic rings. The molecule has 0 bridgehead atoms. The second kappa shape index (κ2) is 11.6. The first-order chi connectivity index (χ1) is 18.4. The molecule has 0 spiro atoms. The van der Waals surface area contributed by atoms with E-state index in [1.807, 2.05) is 42.6 Å². The number of aromatic nitrogens is 3. The van der Waals surface area contributed by atoms with Crippen LogP contribution in [-0.4, -0.2) is 54.2 Å². The lowest BCUT2D eigenvalue weighted by molar-refractivity contribution is -0.132. The van der Waals surface area contributed by atoms with Crippen molar-refractivity contribution >= 4 is 28.9 Å². The van der Waals surface area contributed by atoms with Gasteiger partial charge in [-0.1, -0.05) is 47.2 Å². The molecule has 2 atom stereocenters. The van der Waals surface area contributed by atoms with Gasteiger partial charge in [0, 0.05) is 17.0 Å². The summed E-state index contributed by atoms with van der Waals surface area (Å²) in [5, 5.41) is 27.6. The molecule has 0 saturated heterocycles. The quantitative estimate of drug-likeness (QED) is 0.360. The Morgan fingerprint density at radius 3 is 2.76 bits per heavy atom. The zero-order valence-corrected chi connectivity index (χ0v) is 21.5. The molecule has 2 aliphatic carbocycles. The standard InChI is InChI=1S/C28H29ClFN5O3/c29-23-6-2-1-5-19(23)16-34-17-25(32-33-34)18-9-14-22-24(15-18)31-26(7-3-4-8-27(36)37)35(28(22)38)21-12-10-20(30)11-13-21/h1-2,5-6,9-12,15,17,21-22,27,36-37H,3-4,7-8,13-14,16H2.